The predicted octanol–water partition coefficient (Wildman–Crippen LogP) is 0.920. The fourth-order valence-electron chi connectivity index (χ4n) is 2.55. The smallest absolute Gasteiger partial charge is 0.317 e. The first-order valence-corrected chi connectivity index (χ1v) is 6.82. The Morgan fingerprint density at radius 3 is 3.00 bits per heavy atom. The van der Waals surface area contributed by atoms with Gasteiger partial charge in [0.25, 0.3) is 0 Å². The lowest BCUT2D eigenvalue weighted by Crippen LogP contribution is -2.47. The zero-order valence-electron chi connectivity index (χ0n) is 11.5. The summed E-state index contributed by atoms with van der Waals surface area (Å²) >= 11 is 0. The van der Waals surface area contributed by atoms with Crippen molar-refractivity contribution in [3.63, 3.8) is 0 Å². The van der Waals surface area contributed by atoms with Gasteiger partial charge in [0.1, 0.15) is 0 Å². The number of hydrogen-bond donors (Lipinski definition) is 2. The molecule has 1 aromatic heterocycles. The molecule has 7 nitrogen and oxygen atoms in total. The number of nitrogens with one attached hydrogen (secondary N) is 1. The minimum Gasteiger partial charge on any atom is -0.481 e. The van der Waals surface area contributed by atoms with Crippen LogP contribution in [0.25, 0.3) is 0 Å². The molecule has 20 heavy (non-hydrogen) atoms. The summed E-state index contributed by atoms with van der Waals surface area (Å²) in [6.07, 6.45) is 5.16. The summed E-state index contributed by atoms with van der Waals surface area (Å²) in [6.45, 7) is 3.12. The number of aromatic nitrogens is 2. The molecule has 0 aliphatic carbocycles. The van der Waals surface area contributed by atoms with Crippen LogP contribution in [0.5, 0.6) is 0 Å². The SMILES string of the molecule is CC(Cn1cccn1)NC(=O)N1CCCC1CC(=O)O. The maximum Gasteiger partial charge on any atom is 0.317 e. The maximum atomic E-state index is 12.2. The van der Waals surface area contributed by atoms with Gasteiger partial charge >= 0.3 is 12.0 Å². The Labute approximate surface area is 117 Å². The van der Waals surface area contributed by atoms with E-state index in [1.54, 1.807) is 15.8 Å². The Balaban J connectivity index is 1.85. The number of amides is 2. The zero-order chi connectivity index (χ0) is 14.5. The number of carbonyl (C=O) groups is 2. The van der Waals surface area contributed by atoms with Gasteiger partial charge in [-0.1, -0.05) is 0 Å². The molecule has 0 spiro atoms. The van der Waals surface area contributed by atoms with Gasteiger partial charge in [-0.2, -0.15) is 5.10 Å². The first-order chi connectivity index (χ1) is 9.56. The monoisotopic (exact) mass is 280 g/mol. The second-order valence-electron chi connectivity index (χ2n) is 5.17. The lowest BCUT2D eigenvalue weighted by atomic mass is 10.1. The van der Waals surface area contributed by atoms with E-state index in [1.165, 1.54) is 0 Å². The number of nitrogens with zero attached hydrogens (tertiary/aromatic N) is 3. The van der Waals surface area contributed by atoms with Gasteiger partial charge in [0.2, 0.25) is 0 Å². The molecule has 2 rings (SSSR count). The fourth-order valence-corrected chi connectivity index (χ4v) is 2.55. The third kappa shape index (κ3) is 3.72. The first kappa shape index (κ1) is 14.4. The second kappa shape index (κ2) is 6.40. The summed E-state index contributed by atoms with van der Waals surface area (Å²) in [5.41, 5.74) is 0. The van der Waals surface area contributed by atoms with Gasteiger partial charge in [-0.15, -0.1) is 0 Å². The number of carboxylic acid groups (broad SMARTS) is 1. The van der Waals surface area contributed by atoms with Crippen LogP contribution in [0.3, 0.4) is 0 Å². The van der Waals surface area contributed by atoms with Gasteiger partial charge in [0.15, 0.2) is 0 Å². The highest BCUT2D eigenvalue weighted by Crippen LogP contribution is 2.20. The van der Waals surface area contributed by atoms with E-state index in [1.807, 2.05) is 19.2 Å². The van der Waals surface area contributed by atoms with Crippen LogP contribution >= 0.6 is 0 Å². The van der Waals surface area contributed by atoms with Crippen LogP contribution in [0.1, 0.15) is 26.2 Å². The average Bonchev–Trinajstić information content (AvgIpc) is 2.99. The molecule has 2 amide bonds. The van der Waals surface area contributed by atoms with E-state index in [0.717, 1.165) is 12.8 Å². The predicted molar refractivity (Wildman–Crippen MR) is 72.2 cm³/mol. The fraction of sp³-hybridized carbons (Fsp3) is 0.615. The van der Waals surface area contributed by atoms with E-state index in [9.17, 15) is 9.59 Å². The highest BCUT2D eigenvalue weighted by atomic mass is 16.4. The summed E-state index contributed by atoms with van der Waals surface area (Å²) in [4.78, 5) is 24.6. The van der Waals surface area contributed by atoms with Crippen molar-refractivity contribution >= 4 is 12.0 Å². The highest BCUT2D eigenvalue weighted by molar-refractivity contribution is 5.76. The average molecular weight is 280 g/mol. The van der Waals surface area contributed by atoms with Gasteiger partial charge in [0.05, 0.1) is 13.0 Å². The third-order valence-corrected chi connectivity index (χ3v) is 3.44. The quantitative estimate of drug-likeness (QED) is 0.839. The van der Waals surface area contributed by atoms with E-state index in [4.69, 9.17) is 5.11 Å². The molecule has 0 bridgehead atoms. The number of urea groups is 1. The van der Waals surface area contributed by atoms with Crippen molar-refractivity contribution < 1.29 is 14.7 Å². The molecule has 2 unspecified atom stereocenters. The van der Waals surface area contributed by atoms with Crippen LogP contribution in [-0.2, 0) is 11.3 Å². The number of carboxylic acids is 1. The van der Waals surface area contributed by atoms with Crippen molar-refractivity contribution in [3.8, 4) is 0 Å². The number of likely N-dealkylation sites (tertiary alicyclic amines) is 1. The van der Waals surface area contributed by atoms with Crippen molar-refractivity contribution in [2.24, 2.45) is 0 Å². The Kier molecular flexibility index (Phi) is 4.60. The van der Waals surface area contributed by atoms with Gasteiger partial charge < -0.3 is 15.3 Å². The topological polar surface area (TPSA) is 87.5 Å². The first-order valence-electron chi connectivity index (χ1n) is 6.82. The lowest BCUT2D eigenvalue weighted by molar-refractivity contribution is -0.137. The molecule has 0 saturated carbocycles. The molecular weight excluding hydrogens is 260 g/mol. The molecule has 2 heterocycles. The molecule has 0 radical (unpaired) electrons. The molecule has 110 valence electrons. The molecule has 2 atom stereocenters. The maximum absolute atomic E-state index is 12.2. The van der Waals surface area contributed by atoms with Gasteiger partial charge in [-0.25, -0.2) is 4.79 Å². The number of aliphatic carboxylic acids is 1. The summed E-state index contributed by atoms with van der Waals surface area (Å²) in [6, 6.07) is 1.39. The molecule has 1 aliphatic heterocycles. The van der Waals surface area contributed by atoms with Crippen molar-refractivity contribution in [1.82, 2.24) is 20.0 Å². The van der Waals surface area contributed by atoms with Crippen LogP contribution in [0.15, 0.2) is 18.5 Å². The Hall–Kier alpha value is -2.05. The minimum atomic E-state index is -0.862. The number of carbonyl (C=O) groups excluding carboxylic acids is 1. The summed E-state index contributed by atoms with van der Waals surface area (Å²) in [5, 5.41) is 15.8. The van der Waals surface area contributed by atoms with E-state index in [0.29, 0.717) is 13.1 Å². The van der Waals surface area contributed by atoms with E-state index < -0.39 is 5.97 Å². The molecule has 1 aliphatic rings. The van der Waals surface area contributed by atoms with Gasteiger partial charge in [-0.3, -0.25) is 9.48 Å². The standard InChI is InChI=1S/C13H20N4O3/c1-10(9-16-6-3-5-14-16)15-13(20)17-7-2-4-11(17)8-12(18)19/h3,5-6,10-11H,2,4,7-9H2,1H3,(H,15,20)(H,18,19). The third-order valence-electron chi connectivity index (χ3n) is 3.44. The Bertz CT molecular complexity index is 460. The largest absolute Gasteiger partial charge is 0.481 e. The van der Waals surface area contributed by atoms with Crippen LogP contribution in [0.4, 0.5) is 4.79 Å². The van der Waals surface area contributed by atoms with Crippen molar-refractivity contribution in [2.45, 2.75) is 44.8 Å². The molecule has 1 aromatic rings. The molecule has 1 fully saturated rings. The van der Waals surface area contributed by atoms with Crippen molar-refractivity contribution in [1.29, 1.82) is 0 Å². The Morgan fingerprint density at radius 2 is 2.35 bits per heavy atom. The second-order valence-corrected chi connectivity index (χ2v) is 5.17. The van der Waals surface area contributed by atoms with Gasteiger partial charge in [0, 0.05) is 31.0 Å². The van der Waals surface area contributed by atoms with Crippen LogP contribution in [-0.4, -0.2) is 50.4 Å². The van der Waals surface area contributed by atoms with E-state index >= 15 is 0 Å². The van der Waals surface area contributed by atoms with Crippen molar-refractivity contribution in [3.05, 3.63) is 18.5 Å². The van der Waals surface area contributed by atoms with Crippen LogP contribution in [0.2, 0.25) is 0 Å². The summed E-state index contributed by atoms with van der Waals surface area (Å²) in [7, 11) is 0. The Morgan fingerprint density at radius 1 is 1.55 bits per heavy atom. The minimum absolute atomic E-state index is 0.0148. The van der Waals surface area contributed by atoms with Crippen molar-refractivity contribution in [2.75, 3.05) is 6.54 Å². The normalized spacial score (nSPS) is 19.9. The lowest BCUT2D eigenvalue weighted by Gasteiger charge is -2.26. The molecule has 7 heteroatoms. The van der Waals surface area contributed by atoms with Crippen LogP contribution < -0.4 is 5.32 Å². The summed E-state index contributed by atoms with van der Waals surface area (Å²) < 4.78 is 1.75. The molecular formula is C13H20N4O3. The zero-order valence-corrected chi connectivity index (χ0v) is 11.5. The van der Waals surface area contributed by atoms with Crippen LogP contribution in [0, 0.1) is 0 Å². The van der Waals surface area contributed by atoms with E-state index in [2.05, 4.69) is 10.4 Å². The highest BCUT2D eigenvalue weighted by Gasteiger charge is 2.30. The summed E-state index contributed by atoms with van der Waals surface area (Å²) in [5.74, 6) is -0.862. The molecule has 1 saturated heterocycles. The van der Waals surface area contributed by atoms with E-state index in [-0.39, 0.29) is 24.5 Å². The number of rotatable bonds is 5. The molecule has 0 aromatic carbocycles. The van der Waals surface area contributed by atoms with Gasteiger partial charge in [-0.05, 0) is 25.8 Å². The molecule has 2 N–H and O–H groups in total. The number of hydrogen-bond acceptors (Lipinski definition) is 3.